The van der Waals surface area contributed by atoms with E-state index < -0.39 is 0 Å². The molecule has 2 aromatic rings. The quantitative estimate of drug-likeness (QED) is 0.756. The lowest BCUT2D eigenvalue weighted by atomic mass is 10.1. The molecule has 0 unspecified atom stereocenters. The summed E-state index contributed by atoms with van der Waals surface area (Å²) in [7, 11) is 0. The van der Waals surface area contributed by atoms with Crippen LogP contribution in [0.15, 0.2) is 60.7 Å². The maximum atomic E-state index is 10.9. The first kappa shape index (κ1) is 15.0. The zero-order chi connectivity index (χ0) is 14.9. The predicted molar refractivity (Wildman–Crippen MR) is 86.4 cm³/mol. The summed E-state index contributed by atoms with van der Waals surface area (Å²) >= 11 is 0. The summed E-state index contributed by atoms with van der Waals surface area (Å²) in [4.78, 5) is 10.9. The average Bonchev–Trinajstić information content (AvgIpc) is 2.52. The van der Waals surface area contributed by atoms with Crippen molar-refractivity contribution >= 4 is 11.9 Å². The Bertz CT molecular complexity index is 583. The van der Waals surface area contributed by atoms with Crippen LogP contribution in [-0.2, 0) is 11.2 Å². The van der Waals surface area contributed by atoms with E-state index in [0.29, 0.717) is 13.0 Å². The molecule has 0 saturated heterocycles. The summed E-state index contributed by atoms with van der Waals surface area (Å²) in [6.07, 6.45) is 5.43. The topological polar surface area (TPSA) is 26.3 Å². The van der Waals surface area contributed by atoms with E-state index in [1.54, 1.807) is 6.92 Å². The van der Waals surface area contributed by atoms with Crippen molar-refractivity contribution in [2.45, 2.75) is 19.8 Å². The highest BCUT2D eigenvalue weighted by Crippen LogP contribution is 2.13. The van der Waals surface area contributed by atoms with Crippen LogP contribution in [0.4, 0.5) is 0 Å². The summed E-state index contributed by atoms with van der Waals surface area (Å²) in [5.41, 5.74) is 2.33. The van der Waals surface area contributed by atoms with Crippen LogP contribution in [0.5, 0.6) is 5.75 Å². The van der Waals surface area contributed by atoms with Gasteiger partial charge >= 0.3 is 0 Å². The van der Waals surface area contributed by atoms with Crippen LogP contribution in [0.25, 0.3) is 6.08 Å². The lowest BCUT2D eigenvalue weighted by molar-refractivity contribution is -0.116. The van der Waals surface area contributed by atoms with Gasteiger partial charge in [-0.05, 0) is 42.7 Å². The van der Waals surface area contributed by atoms with Gasteiger partial charge in [0.25, 0.3) is 0 Å². The van der Waals surface area contributed by atoms with Crippen molar-refractivity contribution in [3.8, 4) is 5.75 Å². The van der Waals surface area contributed by atoms with Crippen molar-refractivity contribution in [2.75, 3.05) is 6.61 Å². The molecule has 0 aliphatic rings. The minimum absolute atomic E-state index is 0.223. The van der Waals surface area contributed by atoms with Gasteiger partial charge in [0.1, 0.15) is 18.1 Å². The second-order valence-electron chi connectivity index (χ2n) is 4.97. The summed E-state index contributed by atoms with van der Waals surface area (Å²) in [5, 5.41) is 0. The van der Waals surface area contributed by atoms with Gasteiger partial charge in [0, 0.05) is 6.42 Å². The Morgan fingerprint density at radius 3 is 2.43 bits per heavy atom. The fourth-order valence-corrected chi connectivity index (χ4v) is 1.97. The van der Waals surface area contributed by atoms with Crippen LogP contribution >= 0.6 is 0 Å². The van der Waals surface area contributed by atoms with Gasteiger partial charge in [0.15, 0.2) is 0 Å². The summed E-state index contributed by atoms with van der Waals surface area (Å²) in [6, 6.07) is 18.1. The van der Waals surface area contributed by atoms with E-state index in [0.717, 1.165) is 17.7 Å². The molecule has 2 aromatic carbocycles. The zero-order valence-electron chi connectivity index (χ0n) is 12.3. The lowest BCUT2D eigenvalue weighted by Gasteiger charge is -2.04. The first-order valence-corrected chi connectivity index (χ1v) is 7.17. The number of ketones is 1. The van der Waals surface area contributed by atoms with Gasteiger partial charge in [0.2, 0.25) is 0 Å². The summed E-state index contributed by atoms with van der Waals surface area (Å²) in [5.74, 6) is 1.07. The van der Waals surface area contributed by atoms with Gasteiger partial charge in [-0.1, -0.05) is 48.5 Å². The monoisotopic (exact) mass is 280 g/mol. The second kappa shape index (κ2) is 8.05. The van der Waals surface area contributed by atoms with Crippen molar-refractivity contribution in [1.82, 2.24) is 0 Å². The zero-order valence-corrected chi connectivity index (χ0v) is 12.3. The Morgan fingerprint density at radius 2 is 1.76 bits per heavy atom. The molecule has 108 valence electrons. The molecule has 0 aliphatic heterocycles. The van der Waals surface area contributed by atoms with Crippen LogP contribution in [0.2, 0.25) is 0 Å². The lowest BCUT2D eigenvalue weighted by Crippen LogP contribution is -1.95. The molecule has 2 nitrogen and oxygen atoms in total. The first-order chi connectivity index (χ1) is 10.2. The SMILES string of the molecule is CC(=O)CCc1ccc(OC/C=C/c2ccccc2)cc1. The van der Waals surface area contributed by atoms with E-state index in [1.807, 2.05) is 54.6 Å². The number of rotatable bonds is 7. The Morgan fingerprint density at radius 1 is 1.05 bits per heavy atom. The van der Waals surface area contributed by atoms with E-state index in [-0.39, 0.29) is 5.78 Å². The number of carbonyl (C=O) groups excluding carboxylic acids is 1. The number of hydrogen-bond acceptors (Lipinski definition) is 2. The van der Waals surface area contributed by atoms with E-state index >= 15 is 0 Å². The molecule has 0 atom stereocenters. The molecule has 0 N–H and O–H groups in total. The number of aryl methyl sites for hydroxylation is 1. The number of hydrogen-bond donors (Lipinski definition) is 0. The molecule has 0 radical (unpaired) electrons. The fourth-order valence-electron chi connectivity index (χ4n) is 1.97. The molecule has 0 spiro atoms. The number of Topliss-reactive ketones (excluding diaryl/α,β-unsaturated/α-hetero) is 1. The predicted octanol–water partition coefficient (Wildman–Crippen LogP) is 4.30. The molecule has 2 rings (SSSR count). The van der Waals surface area contributed by atoms with Gasteiger partial charge in [-0.15, -0.1) is 0 Å². The highest BCUT2D eigenvalue weighted by molar-refractivity contribution is 5.75. The van der Waals surface area contributed by atoms with Gasteiger partial charge in [-0.3, -0.25) is 0 Å². The van der Waals surface area contributed by atoms with Crippen molar-refractivity contribution in [2.24, 2.45) is 0 Å². The van der Waals surface area contributed by atoms with Crippen LogP contribution in [0, 0.1) is 0 Å². The van der Waals surface area contributed by atoms with Crippen molar-refractivity contribution in [3.63, 3.8) is 0 Å². The second-order valence-corrected chi connectivity index (χ2v) is 4.97. The summed E-state index contributed by atoms with van der Waals surface area (Å²) in [6.45, 7) is 2.16. The van der Waals surface area contributed by atoms with E-state index in [4.69, 9.17) is 4.74 Å². The van der Waals surface area contributed by atoms with E-state index in [9.17, 15) is 4.79 Å². The Balaban J connectivity index is 1.78. The average molecular weight is 280 g/mol. The smallest absolute Gasteiger partial charge is 0.130 e. The van der Waals surface area contributed by atoms with Gasteiger partial charge in [-0.25, -0.2) is 0 Å². The van der Waals surface area contributed by atoms with Crippen molar-refractivity contribution in [1.29, 1.82) is 0 Å². The molecule has 0 fully saturated rings. The molecule has 0 heterocycles. The fraction of sp³-hybridized carbons (Fsp3) is 0.211. The maximum Gasteiger partial charge on any atom is 0.130 e. The van der Waals surface area contributed by atoms with E-state index in [1.165, 1.54) is 5.56 Å². The Kier molecular flexibility index (Phi) is 5.77. The minimum atomic E-state index is 0.223. The minimum Gasteiger partial charge on any atom is -0.490 e. The summed E-state index contributed by atoms with van der Waals surface area (Å²) < 4.78 is 5.65. The van der Waals surface area contributed by atoms with Crippen molar-refractivity contribution in [3.05, 3.63) is 71.8 Å². The third-order valence-electron chi connectivity index (χ3n) is 3.15. The maximum absolute atomic E-state index is 10.9. The third kappa shape index (κ3) is 5.65. The molecule has 2 heteroatoms. The molecule has 0 saturated carbocycles. The number of carbonyl (C=O) groups is 1. The molecule has 0 amide bonds. The van der Waals surface area contributed by atoms with Crippen molar-refractivity contribution < 1.29 is 9.53 Å². The molecular weight excluding hydrogens is 260 g/mol. The molecule has 21 heavy (non-hydrogen) atoms. The molecule has 0 bridgehead atoms. The Labute approximate surface area is 126 Å². The van der Waals surface area contributed by atoms with Gasteiger partial charge in [-0.2, -0.15) is 0 Å². The Hall–Kier alpha value is -2.35. The first-order valence-electron chi connectivity index (χ1n) is 7.17. The normalized spacial score (nSPS) is 10.7. The van der Waals surface area contributed by atoms with Gasteiger partial charge in [0.05, 0.1) is 0 Å². The van der Waals surface area contributed by atoms with Crippen LogP contribution in [-0.4, -0.2) is 12.4 Å². The van der Waals surface area contributed by atoms with Crippen LogP contribution in [0.3, 0.4) is 0 Å². The van der Waals surface area contributed by atoms with Crippen LogP contribution in [0.1, 0.15) is 24.5 Å². The molecule has 0 aromatic heterocycles. The largest absolute Gasteiger partial charge is 0.490 e. The van der Waals surface area contributed by atoms with E-state index in [2.05, 4.69) is 12.1 Å². The number of benzene rings is 2. The molecule has 0 aliphatic carbocycles. The molecular formula is C19H20O2. The van der Waals surface area contributed by atoms with Gasteiger partial charge < -0.3 is 9.53 Å². The standard InChI is InChI=1S/C19H20O2/c1-16(20)9-10-18-11-13-19(14-12-18)21-15-5-8-17-6-3-2-4-7-17/h2-8,11-14H,9-10,15H2,1H3/b8-5+. The van der Waals surface area contributed by atoms with Crippen LogP contribution < -0.4 is 4.74 Å². The highest BCUT2D eigenvalue weighted by atomic mass is 16.5. The third-order valence-corrected chi connectivity index (χ3v) is 3.15. The highest BCUT2D eigenvalue weighted by Gasteiger charge is 1.97. The number of ether oxygens (including phenoxy) is 1.